The van der Waals surface area contributed by atoms with Crippen molar-refractivity contribution in [3.63, 3.8) is 0 Å². The van der Waals surface area contributed by atoms with Gasteiger partial charge in [-0.15, -0.1) is 0 Å². The van der Waals surface area contributed by atoms with Crippen LogP contribution in [0.15, 0.2) is 27.6 Å². The Kier molecular flexibility index (Phi) is 4.26. The van der Waals surface area contributed by atoms with Crippen LogP contribution in [0, 0.1) is 5.92 Å². The van der Waals surface area contributed by atoms with E-state index in [0.29, 0.717) is 19.7 Å². The van der Waals surface area contributed by atoms with Gasteiger partial charge in [-0.3, -0.25) is 4.79 Å². The van der Waals surface area contributed by atoms with Gasteiger partial charge in [-0.25, -0.2) is 12.7 Å². The standard InChI is InChI=1S/C12H17NO5S/c1-19(15,16)13-5-2-10(3-6-13)9-18-12-8-11(14)4-7-17-12/h4,7-8,10H,2-3,5-6,9H2,1H3. The van der Waals surface area contributed by atoms with E-state index in [2.05, 4.69) is 0 Å². The van der Waals surface area contributed by atoms with Crippen molar-refractivity contribution in [1.82, 2.24) is 4.31 Å². The highest BCUT2D eigenvalue weighted by atomic mass is 32.2. The second-order valence-electron chi connectivity index (χ2n) is 4.70. The van der Waals surface area contributed by atoms with E-state index in [1.165, 1.54) is 29.0 Å². The fourth-order valence-corrected chi connectivity index (χ4v) is 2.92. The van der Waals surface area contributed by atoms with E-state index in [9.17, 15) is 13.2 Å². The molecular weight excluding hydrogens is 270 g/mol. The summed E-state index contributed by atoms with van der Waals surface area (Å²) in [6, 6.07) is 2.61. The number of ether oxygens (including phenoxy) is 1. The Hall–Kier alpha value is -1.34. The molecule has 0 radical (unpaired) electrons. The Bertz CT molecular complexity index is 572. The molecule has 1 saturated heterocycles. The average molecular weight is 287 g/mol. The molecule has 1 aliphatic rings. The van der Waals surface area contributed by atoms with Gasteiger partial charge in [0.1, 0.15) is 0 Å². The van der Waals surface area contributed by atoms with E-state index in [1.54, 1.807) is 0 Å². The van der Waals surface area contributed by atoms with Crippen LogP contribution in [0.2, 0.25) is 0 Å². The maximum atomic E-state index is 11.4. The molecule has 0 N–H and O–H groups in total. The lowest BCUT2D eigenvalue weighted by Gasteiger charge is -2.29. The Morgan fingerprint density at radius 1 is 1.42 bits per heavy atom. The molecule has 2 rings (SSSR count). The topological polar surface area (TPSA) is 76.8 Å². The highest BCUT2D eigenvalue weighted by molar-refractivity contribution is 7.88. The van der Waals surface area contributed by atoms with Crippen LogP contribution < -0.4 is 10.2 Å². The molecule has 19 heavy (non-hydrogen) atoms. The van der Waals surface area contributed by atoms with Crippen molar-refractivity contribution < 1.29 is 17.6 Å². The highest BCUT2D eigenvalue weighted by Gasteiger charge is 2.25. The molecule has 1 aromatic heterocycles. The zero-order chi connectivity index (χ0) is 13.9. The zero-order valence-corrected chi connectivity index (χ0v) is 11.6. The number of piperidine rings is 1. The lowest BCUT2D eigenvalue weighted by Crippen LogP contribution is -2.39. The summed E-state index contributed by atoms with van der Waals surface area (Å²) in [5.41, 5.74) is -0.159. The van der Waals surface area contributed by atoms with Crippen LogP contribution in [-0.2, 0) is 10.0 Å². The van der Waals surface area contributed by atoms with E-state index in [1.807, 2.05) is 0 Å². The van der Waals surface area contributed by atoms with Gasteiger partial charge in [-0.05, 0) is 18.8 Å². The zero-order valence-electron chi connectivity index (χ0n) is 10.7. The molecule has 1 aliphatic heterocycles. The van der Waals surface area contributed by atoms with Gasteiger partial charge in [0.2, 0.25) is 10.0 Å². The van der Waals surface area contributed by atoms with Crippen LogP contribution in [0.25, 0.3) is 0 Å². The second kappa shape index (κ2) is 5.75. The first kappa shape index (κ1) is 14.1. The van der Waals surface area contributed by atoms with Crippen molar-refractivity contribution in [2.45, 2.75) is 12.8 Å². The van der Waals surface area contributed by atoms with E-state index in [0.717, 1.165) is 12.8 Å². The van der Waals surface area contributed by atoms with Crippen LogP contribution in [-0.4, -0.2) is 38.7 Å². The molecular formula is C12H17NO5S. The number of hydrogen-bond acceptors (Lipinski definition) is 5. The molecule has 2 heterocycles. The van der Waals surface area contributed by atoms with Gasteiger partial charge in [-0.2, -0.15) is 0 Å². The molecule has 0 saturated carbocycles. The highest BCUT2D eigenvalue weighted by Crippen LogP contribution is 2.20. The third kappa shape index (κ3) is 4.07. The molecule has 106 valence electrons. The Labute approximate surface area is 112 Å². The van der Waals surface area contributed by atoms with Crippen molar-refractivity contribution in [3.05, 3.63) is 28.6 Å². The molecule has 0 aromatic carbocycles. The largest absolute Gasteiger partial charge is 0.465 e. The van der Waals surface area contributed by atoms with E-state index < -0.39 is 10.0 Å². The summed E-state index contributed by atoms with van der Waals surface area (Å²) in [4.78, 5) is 11.1. The number of sulfonamides is 1. The van der Waals surface area contributed by atoms with Crippen molar-refractivity contribution in [2.24, 2.45) is 5.92 Å². The summed E-state index contributed by atoms with van der Waals surface area (Å²) >= 11 is 0. The SMILES string of the molecule is CS(=O)(=O)N1CCC(COc2cc(=O)cco2)CC1. The molecule has 0 atom stereocenters. The first-order chi connectivity index (χ1) is 8.95. The van der Waals surface area contributed by atoms with Crippen molar-refractivity contribution >= 4 is 10.0 Å². The minimum Gasteiger partial charge on any atom is -0.465 e. The summed E-state index contributed by atoms with van der Waals surface area (Å²) < 4.78 is 34.6. The van der Waals surface area contributed by atoms with Crippen molar-refractivity contribution in [2.75, 3.05) is 26.0 Å². The van der Waals surface area contributed by atoms with Crippen LogP contribution in [0.1, 0.15) is 12.8 Å². The first-order valence-electron chi connectivity index (χ1n) is 6.12. The van der Waals surface area contributed by atoms with Crippen LogP contribution in [0.3, 0.4) is 0 Å². The average Bonchev–Trinajstić information content (AvgIpc) is 2.36. The molecule has 6 nitrogen and oxygen atoms in total. The molecule has 7 heteroatoms. The van der Waals surface area contributed by atoms with E-state index in [-0.39, 0.29) is 17.3 Å². The molecule has 0 unspecified atom stereocenters. The second-order valence-corrected chi connectivity index (χ2v) is 6.69. The molecule has 0 amide bonds. The smallest absolute Gasteiger partial charge is 0.288 e. The van der Waals surface area contributed by atoms with Gasteiger partial charge in [0, 0.05) is 19.2 Å². The third-order valence-corrected chi connectivity index (χ3v) is 4.48. The normalized spacial score (nSPS) is 18.4. The maximum Gasteiger partial charge on any atom is 0.288 e. The molecule has 0 bridgehead atoms. The van der Waals surface area contributed by atoms with Crippen molar-refractivity contribution in [1.29, 1.82) is 0 Å². The van der Waals surface area contributed by atoms with Gasteiger partial charge >= 0.3 is 0 Å². The molecule has 0 aliphatic carbocycles. The number of nitrogens with zero attached hydrogens (tertiary/aromatic N) is 1. The fraction of sp³-hybridized carbons (Fsp3) is 0.583. The quantitative estimate of drug-likeness (QED) is 0.814. The molecule has 0 spiro atoms. The van der Waals surface area contributed by atoms with Crippen LogP contribution in [0.4, 0.5) is 0 Å². The minimum atomic E-state index is -3.09. The van der Waals surface area contributed by atoms with Gasteiger partial charge in [0.15, 0.2) is 5.43 Å². The van der Waals surface area contributed by atoms with Gasteiger partial charge in [0.25, 0.3) is 5.95 Å². The summed E-state index contributed by atoms with van der Waals surface area (Å²) in [6.07, 6.45) is 4.03. The van der Waals surface area contributed by atoms with Crippen LogP contribution in [0.5, 0.6) is 5.95 Å². The Morgan fingerprint density at radius 3 is 2.68 bits per heavy atom. The van der Waals surface area contributed by atoms with Gasteiger partial charge in [0.05, 0.1) is 25.2 Å². The minimum absolute atomic E-state index is 0.159. The first-order valence-corrected chi connectivity index (χ1v) is 7.97. The van der Waals surface area contributed by atoms with Gasteiger partial charge < -0.3 is 9.15 Å². The summed E-state index contributed by atoms with van der Waals surface area (Å²) in [5.74, 6) is 0.488. The van der Waals surface area contributed by atoms with E-state index in [4.69, 9.17) is 9.15 Å². The lowest BCUT2D eigenvalue weighted by molar-refractivity contribution is 0.155. The molecule has 1 aromatic rings. The monoisotopic (exact) mass is 287 g/mol. The third-order valence-electron chi connectivity index (χ3n) is 3.18. The summed E-state index contributed by atoms with van der Waals surface area (Å²) in [7, 11) is -3.09. The van der Waals surface area contributed by atoms with Gasteiger partial charge in [-0.1, -0.05) is 0 Å². The molecule has 1 fully saturated rings. The van der Waals surface area contributed by atoms with Crippen LogP contribution >= 0.6 is 0 Å². The number of rotatable bonds is 4. The predicted octanol–water partition coefficient (Wildman–Crippen LogP) is 0.690. The van der Waals surface area contributed by atoms with E-state index >= 15 is 0 Å². The predicted molar refractivity (Wildman–Crippen MR) is 69.6 cm³/mol. The maximum absolute atomic E-state index is 11.4. The lowest BCUT2D eigenvalue weighted by atomic mass is 9.99. The van der Waals surface area contributed by atoms with Crippen molar-refractivity contribution in [3.8, 4) is 5.95 Å². The Morgan fingerprint density at radius 2 is 2.11 bits per heavy atom. The Balaban J connectivity index is 1.82. The fourth-order valence-electron chi connectivity index (χ4n) is 2.05. The summed E-state index contributed by atoms with van der Waals surface area (Å²) in [5, 5.41) is 0. The summed E-state index contributed by atoms with van der Waals surface area (Å²) in [6.45, 7) is 1.47. The number of hydrogen-bond donors (Lipinski definition) is 0.